The number of carbonyl (C=O) groups is 1. The van der Waals surface area contributed by atoms with Gasteiger partial charge in [-0.05, 0) is 49.7 Å². The van der Waals surface area contributed by atoms with Crippen LogP contribution < -0.4 is 5.32 Å². The number of thiazole rings is 1. The molecule has 0 aliphatic rings. The Kier molecular flexibility index (Phi) is 4.93. The molecular formula is C20H18N4O2S. The Labute approximate surface area is 160 Å². The zero-order valence-corrected chi connectivity index (χ0v) is 15.6. The molecule has 27 heavy (non-hydrogen) atoms. The first-order valence-electron chi connectivity index (χ1n) is 8.72. The van der Waals surface area contributed by atoms with Crippen molar-refractivity contribution in [3.8, 4) is 11.5 Å². The molecule has 1 N–H and O–H groups in total. The number of rotatable bonds is 6. The van der Waals surface area contributed by atoms with Crippen LogP contribution in [0.2, 0.25) is 0 Å². The minimum absolute atomic E-state index is 0.0902. The first-order valence-corrected chi connectivity index (χ1v) is 9.54. The molecule has 0 atom stereocenters. The fraction of sp³-hybridized carbons (Fsp3) is 0.200. The van der Waals surface area contributed by atoms with Crippen molar-refractivity contribution >= 4 is 27.5 Å². The largest absolute Gasteiger partial charge is 0.352 e. The van der Waals surface area contributed by atoms with Crippen molar-refractivity contribution in [3.05, 3.63) is 64.9 Å². The Balaban J connectivity index is 1.28. The minimum Gasteiger partial charge on any atom is -0.352 e. The van der Waals surface area contributed by atoms with Gasteiger partial charge >= 0.3 is 0 Å². The molecule has 0 saturated carbocycles. The second-order valence-corrected chi connectivity index (χ2v) is 7.27. The average Bonchev–Trinajstić information content (AvgIpc) is 3.31. The first kappa shape index (κ1) is 17.4. The summed E-state index contributed by atoms with van der Waals surface area (Å²) in [5.74, 6) is 0.947. The van der Waals surface area contributed by atoms with Crippen molar-refractivity contribution in [1.29, 1.82) is 0 Å². The van der Waals surface area contributed by atoms with Gasteiger partial charge in [-0.15, -0.1) is 11.3 Å². The maximum atomic E-state index is 12.3. The Morgan fingerprint density at radius 2 is 1.93 bits per heavy atom. The summed E-state index contributed by atoms with van der Waals surface area (Å²) in [5.41, 5.74) is 2.44. The molecule has 6 nitrogen and oxygen atoms in total. The molecule has 0 aliphatic heterocycles. The summed E-state index contributed by atoms with van der Waals surface area (Å²) in [5, 5.41) is 7.82. The van der Waals surface area contributed by atoms with Gasteiger partial charge in [-0.2, -0.15) is 4.98 Å². The van der Waals surface area contributed by atoms with Gasteiger partial charge in [-0.1, -0.05) is 17.3 Å². The van der Waals surface area contributed by atoms with Gasteiger partial charge in [0, 0.05) is 24.1 Å². The van der Waals surface area contributed by atoms with Crippen LogP contribution in [-0.2, 0) is 6.42 Å². The SMILES string of the molecule is Cc1noc(-c2ccc(C(=O)NCCCc3nc4ccccc4s3)cc2)n1. The van der Waals surface area contributed by atoms with E-state index in [2.05, 4.69) is 26.5 Å². The van der Waals surface area contributed by atoms with E-state index < -0.39 is 0 Å². The van der Waals surface area contributed by atoms with E-state index in [1.807, 2.05) is 30.3 Å². The highest BCUT2D eigenvalue weighted by molar-refractivity contribution is 7.18. The van der Waals surface area contributed by atoms with Gasteiger partial charge in [0.1, 0.15) is 0 Å². The van der Waals surface area contributed by atoms with E-state index in [4.69, 9.17) is 4.52 Å². The molecular weight excluding hydrogens is 360 g/mol. The van der Waals surface area contributed by atoms with Gasteiger partial charge in [0.25, 0.3) is 11.8 Å². The van der Waals surface area contributed by atoms with Crippen LogP contribution in [-0.4, -0.2) is 27.6 Å². The lowest BCUT2D eigenvalue weighted by Gasteiger charge is -2.05. The van der Waals surface area contributed by atoms with Crippen molar-refractivity contribution in [2.24, 2.45) is 0 Å². The van der Waals surface area contributed by atoms with Crippen LogP contribution in [0.25, 0.3) is 21.7 Å². The quantitative estimate of drug-likeness (QED) is 0.513. The molecule has 2 aromatic carbocycles. The zero-order chi connectivity index (χ0) is 18.6. The molecule has 2 heterocycles. The van der Waals surface area contributed by atoms with Crippen LogP contribution in [0.15, 0.2) is 53.1 Å². The molecule has 1 amide bonds. The molecule has 0 fully saturated rings. The highest BCUT2D eigenvalue weighted by Gasteiger charge is 2.09. The Hall–Kier alpha value is -3.06. The lowest BCUT2D eigenvalue weighted by molar-refractivity contribution is 0.0953. The van der Waals surface area contributed by atoms with E-state index in [1.54, 1.807) is 30.4 Å². The van der Waals surface area contributed by atoms with Gasteiger partial charge < -0.3 is 9.84 Å². The summed E-state index contributed by atoms with van der Waals surface area (Å²) < 4.78 is 6.33. The van der Waals surface area contributed by atoms with Crippen LogP contribution in [0, 0.1) is 6.92 Å². The molecule has 0 unspecified atom stereocenters. The van der Waals surface area contributed by atoms with E-state index in [0.717, 1.165) is 28.9 Å². The normalized spacial score (nSPS) is 11.0. The molecule has 2 aromatic heterocycles. The molecule has 0 saturated heterocycles. The number of fused-ring (bicyclic) bond motifs is 1. The van der Waals surface area contributed by atoms with Crippen molar-refractivity contribution in [1.82, 2.24) is 20.4 Å². The fourth-order valence-corrected chi connectivity index (χ4v) is 3.76. The third-order valence-electron chi connectivity index (χ3n) is 4.11. The summed E-state index contributed by atoms with van der Waals surface area (Å²) in [4.78, 5) is 21.1. The molecule has 4 rings (SSSR count). The highest BCUT2D eigenvalue weighted by atomic mass is 32.1. The molecule has 0 radical (unpaired) electrons. The van der Waals surface area contributed by atoms with Crippen molar-refractivity contribution in [2.45, 2.75) is 19.8 Å². The van der Waals surface area contributed by atoms with E-state index in [9.17, 15) is 4.79 Å². The predicted octanol–water partition coefficient (Wildman–Crippen LogP) is 4.02. The highest BCUT2D eigenvalue weighted by Crippen LogP contribution is 2.22. The van der Waals surface area contributed by atoms with Gasteiger partial charge in [0.05, 0.1) is 15.2 Å². The maximum absolute atomic E-state index is 12.3. The molecule has 7 heteroatoms. The Bertz CT molecular complexity index is 1040. The molecule has 0 aliphatic carbocycles. The van der Waals surface area contributed by atoms with Crippen LogP contribution in [0.3, 0.4) is 0 Å². The number of amides is 1. The third kappa shape index (κ3) is 4.03. The van der Waals surface area contributed by atoms with Gasteiger partial charge in [-0.3, -0.25) is 4.79 Å². The summed E-state index contributed by atoms with van der Waals surface area (Å²) in [6.07, 6.45) is 1.71. The summed E-state index contributed by atoms with van der Waals surface area (Å²) in [6, 6.07) is 15.3. The number of hydrogen-bond donors (Lipinski definition) is 1. The van der Waals surface area contributed by atoms with Crippen LogP contribution in [0.4, 0.5) is 0 Å². The van der Waals surface area contributed by atoms with Crippen LogP contribution in [0.5, 0.6) is 0 Å². The lowest BCUT2D eigenvalue weighted by Crippen LogP contribution is -2.24. The minimum atomic E-state index is -0.0902. The van der Waals surface area contributed by atoms with Crippen molar-refractivity contribution in [2.75, 3.05) is 6.54 Å². The van der Waals surface area contributed by atoms with E-state index in [1.165, 1.54) is 4.70 Å². The van der Waals surface area contributed by atoms with Crippen LogP contribution >= 0.6 is 11.3 Å². The molecule has 136 valence electrons. The maximum Gasteiger partial charge on any atom is 0.257 e. The van der Waals surface area contributed by atoms with Gasteiger partial charge in [0.15, 0.2) is 5.82 Å². The van der Waals surface area contributed by atoms with E-state index >= 15 is 0 Å². The smallest absolute Gasteiger partial charge is 0.257 e. The van der Waals surface area contributed by atoms with Gasteiger partial charge in [0.2, 0.25) is 0 Å². The van der Waals surface area contributed by atoms with Gasteiger partial charge in [-0.25, -0.2) is 4.98 Å². The second kappa shape index (κ2) is 7.67. The molecule has 0 bridgehead atoms. The number of benzene rings is 2. The topological polar surface area (TPSA) is 80.9 Å². The Morgan fingerprint density at radius 1 is 1.11 bits per heavy atom. The number of aromatic nitrogens is 3. The number of carbonyl (C=O) groups excluding carboxylic acids is 1. The van der Waals surface area contributed by atoms with Crippen molar-refractivity contribution < 1.29 is 9.32 Å². The number of nitrogens with one attached hydrogen (secondary N) is 1. The van der Waals surface area contributed by atoms with E-state index in [-0.39, 0.29) is 5.91 Å². The monoisotopic (exact) mass is 378 g/mol. The predicted molar refractivity (Wildman–Crippen MR) is 105 cm³/mol. The fourth-order valence-electron chi connectivity index (χ4n) is 2.75. The third-order valence-corrected chi connectivity index (χ3v) is 5.21. The van der Waals surface area contributed by atoms with E-state index in [0.29, 0.717) is 23.8 Å². The zero-order valence-electron chi connectivity index (χ0n) is 14.8. The summed E-state index contributed by atoms with van der Waals surface area (Å²) in [7, 11) is 0. The second-order valence-electron chi connectivity index (χ2n) is 6.16. The standard InChI is InChI=1S/C20H18N4O2S/c1-13-22-20(26-24-13)15-10-8-14(9-11-15)19(25)21-12-4-7-18-23-16-5-2-3-6-17(16)27-18/h2-3,5-6,8-11H,4,7,12H2,1H3,(H,21,25). The number of aryl methyl sites for hydroxylation is 2. The summed E-state index contributed by atoms with van der Waals surface area (Å²) >= 11 is 1.71. The molecule has 0 spiro atoms. The van der Waals surface area contributed by atoms with Crippen LogP contribution in [0.1, 0.15) is 27.6 Å². The Morgan fingerprint density at radius 3 is 2.67 bits per heavy atom. The van der Waals surface area contributed by atoms with Crippen molar-refractivity contribution in [3.63, 3.8) is 0 Å². The number of para-hydroxylation sites is 1. The first-order chi connectivity index (χ1) is 13.2. The average molecular weight is 378 g/mol. The number of hydrogen-bond acceptors (Lipinski definition) is 6. The molecule has 4 aromatic rings. The lowest BCUT2D eigenvalue weighted by atomic mass is 10.1. The number of nitrogens with zero attached hydrogens (tertiary/aromatic N) is 3. The summed E-state index contributed by atoms with van der Waals surface area (Å²) in [6.45, 7) is 2.38.